The van der Waals surface area contributed by atoms with E-state index < -0.39 is 0 Å². The molecule has 0 bridgehead atoms. The van der Waals surface area contributed by atoms with Crippen molar-refractivity contribution in [3.05, 3.63) is 42.3 Å². The second-order valence-corrected chi connectivity index (χ2v) is 3.14. The summed E-state index contributed by atoms with van der Waals surface area (Å²) in [6.07, 6.45) is 11.9. The average Bonchev–Trinajstić information content (AvgIpc) is 2.57. The maximum absolute atomic E-state index is 5.22. The second kappa shape index (κ2) is 3.07. The van der Waals surface area contributed by atoms with Crippen LogP contribution in [0.25, 0.3) is 5.57 Å². The number of allylic oxidation sites excluding steroid dienone is 4. The van der Waals surface area contributed by atoms with Gasteiger partial charge in [-0.25, -0.2) is 0 Å². The lowest BCUT2D eigenvalue weighted by Crippen LogP contribution is -1.99. The lowest BCUT2D eigenvalue weighted by atomic mass is 10.00. The van der Waals surface area contributed by atoms with E-state index in [0.29, 0.717) is 0 Å². The van der Waals surface area contributed by atoms with E-state index in [1.54, 1.807) is 0 Å². The lowest BCUT2D eigenvalue weighted by Gasteiger charge is -2.07. The van der Waals surface area contributed by atoms with Crippen molar-refractivity contribution in [1.82, 2.24) is 4.98 Å². The monoisotopic (exact) mass is 174 g/mol. The highest BCUT2D eigenvalue weighted by atomic mass is 32.1. The molecule has 2 rings (SSSR count). The van der Waals surface area contributed by atoms with Gasteiger partial charge in [-0.05, 0) is 11.6 Å². The molecule has 1 aliphatic carbocycles. The molecule has 1 N–H and O–H groups in total. The topological polar surface area (TPSA) is 15.8 Å². The number of H-pyrrole nitrogens is 1. The first kappa shape index (κ1) is 7.50. The molecule has 0 saturated heterocycles. The molecule has 1 aromatic heterocycles. The molecule has 1 nitrogen and oxygen atoms in total. The van der Waals surface area contributed by atoms with Crippen LogP contribution in [-0.2, 0) is 0 Å². The highest BCUT2D eigenvalue weighted by molar-refractivity contribution is 7.81. The molecule has 1 heterocycles. The third-order valence-corrected chi connectivity index (χ3v) is 2.22. The molecule has 0 atom stereocenters. The number of hydrogen-bond acceptors (Lipinski definition) is 1. The van der Waals surface area contributed by atoms with E-state index >= 15 is 0 Å². The zero-order valence-corrected chi connectivity index (χ0v) is 7.32. The molecule has 1 aliphatic rings. The SMILES string of the molecule is S=C1CC=CC=C1c1[c][nH]cc1. The van der Waals surface area contributed by atoms with Crippen molar-refractivity contribution >= 4 is 22.7 Å². The summed E-state index contributed by atoms with van der Waals surface area (Å²) in [5.74, 6) is 0. The summed E-state index contributed by atoms with van der Waals surface area (Å²) in [5.41, 5.74) is 2.18. The molecular weight excluding hydrogens is 166 g/mol. The fourth-order valence-corrected chi connectivity index (χ4v) is 1.50. The Kier molecular flexibility index (Phi) is 1.92. The zero-order valence-electron chi connectivity index (χ0n) is 6.50. The van der Waals surface area contributed by atoms with E-state index in [1.807, 2.05) is 24.4 Å². The Morgan fingerprint density at radius 2 is 2.42 bits per heavy atom. The normalized spacial score (nSPS) is 16.3. The predicted molar refractivity (Wildman–Crippen MR) is 54.0 cm³/mol. The van der Waals surface area contributed by atoms with Gasteiger partial charge in [-0.1, -0.05) is 30.4 Å². The van der Waals surface area contributed by atoms with E-state index in [1.165, 1.54) is 0 Å². The summed E-state index contributed by atoms with van der Waals surface area (Å²) in [5, 5.41) is 0. The molecule has 12 heavy (non-hydrogen) atoms. The Hall–Kier alpha value is -1.15. The largest absolute Gasteiger partial charge is 0.359 e. The van der Waals surface area contributed by atoms with E-state index in [9.17, 15) is 0 Å². The van der Waals surface area contributed by atoms with Crippen LogP contribution in [0.1, 0.15) is 12.0 Å². The standard InChI is InChI=1S/C10H8NS/c12-10-4-2-1-3-9(10)8-5-6-11-7-8/h1-3,5-6,11H,4H2. The van der Waals surface area contributed by atoms with Crippen LogP contribution in [0.5, 0.6) is 0 Å². The highest BCUT2D eigenvalue weighted by Crippen LogP contribution is 2.20. The summed E-state index contributed by atoms with van der Waals surface area (Å²) in [4.78, 5) is 3.89. The molecule has 1 radical (unpaired) electrons. The van der Waals surface area contributed by atoms with Gasteiger partial charge in [0.25, 0.3) is 0 Å². The maximum atomic E-state index is 5.22. The van der Waals surface area contributed by atoms with Crippen LogP contribution in [0.3, 0.4) is 0 Å². The maximum Gasteiger partial charge on any atom is 0.0705 e. The van der Waals surface area contributed by atoms with Crippen LogP contribution in [0, 0.1) is 6.20 Å². The summed E-state index contributed by atoms with van der Waals surface area (Å²) in [7, 11) is 0. The second-order valence-electron chi connectivity index (χ2n) is 2.65. The lowest BCUT2D eigenvalue weighted by molar-refractivity contribution is 1.39. The fourth-order valence-electron chi connectivity index (χ4n) is 1.23. The van der Waals surface area contributed by atoms with Gasteiger partial charge in [-0.3, -0.25) is 0 Å². The molecule has 0 aliphatic heterocycles. The molecular formula is C10H8NS. The van der Waals surface area contributed by atoms with Gasteiger partial charge >= 0.3 is 0 Å². The van der Waals surface area contributed by atoms with Gasteiger partial charge in [0.05, 0.1) is 6.20 Å². The van der Waals surface area contributed by atoms with Gasteiger partial charge in [0.1, 0.15) is 0 Å². The molecule has 1 aromatic rings. The van der Waals surface area contributed by atoms with Crippen LogP contribution >= 0.6 is 12.2 Å². The minimum atomic E-state index is 0.875. The third-order valence-electron chi connectivity index (χ3n) is 1.83. The minimum absolute atomic E-state index is 0.875. The molecule has 59 valence electrons. The smallest absolute Gasteiger partial charge is 0.0705 e. The third kappa shape index (κ3) is 1.25. The van der Waals surface area contributed by atoms with Gasteiger partial charge < -0.3 is 4.98 Å². The van der Waals surface area contributed by atoms with Crippen molar-refractivity contribution in [2.24, 2.45) is 0 Å². The Morgan fingerprint density at radius 3 is 3.08 bits per heavy atom. The molecule has 0 amide bonds. The van der Waals surface area contributed by atoms with E-state index in [2.05, 4.69) is 17.3 Å². The molecule has 0 saturated carbocycles. The van der Waals surface area contributed by atoms with Crippen molar-refractivity contribution in [1.29, 1.82) is 0 Å². The first-order valence-electron chi connectivity index (χ1n) is 3.83. The summed E-state index contributed by atoms with van der Waals surface area (Å²) < 4.78 is 0. The Bertz CT molecular complexity index is 344. The van der Waals surface area contributed by atoms with Crippen LogP contribution < -0.4 is 0 Å². The predicted octanol–water partition coefficient (Wildman–Crippen LogP) is 2.53. The first-order valence-corrected chi connectivity index (χ1v) is 4.24. The van der Waals surface area contributed by atoms with E-state index in [4.69, 9.17) is 12.2 Å². The Morgan fingerprint density at radius 1 is 1.50 bits per heavy atom. The molecule has 0 aromatic carbocycles. The number of aromatic amines is 1. The molecule has 2 heteroatoms. The van der Waals surface area contributed by atoms with Crippen molar-refractivity contribution in [2.45, 2.75) is 6.42 Å². The van der Waals surface area contributed by atoms with Crippen molar-refractivity contribution in [2.75, 3.05) is 0 Å². The summed E-state index contributed by atoms with van der Waals surface area (Å²) in [6.45, 7) is 0. The number of hydrogen-bond donors (Lipinski definition) is 1. The van der Waals surface area contributed by atoms with Gasteiger partial charge in [0.2, 0.25) is 0 Å². The van der Waals surface area contributed by atoms with Crippen LogP contribution in [0.15, 0.2) is 30.5 Å². The minimum Gasteiger partial charge on any atom is -0.359 e. The molecule has 0 spiro atoms. The highest BCUT2D eigenvalue weighted by Gasteiger charge is 2.08. The van der Waals surface area contributed by atoms with Crippen LogP contribution in [0.2, 0.25) is 0 Å². The Labute approximate surface area is 76.8 Å². The van der Waals surface area contributed by atoms with Crippen molar-refractivity contribution in [3.8, 4) is 0 Å². The van der Waals surface area contributed by atoms with Gasteiger partial charge in [0.15, 0.2) is 0 Å². The molecule has 0 unspecified atom stereocenters. The zero-order chi connectivity index (χ0) is 8.39. The quantitative estimate of drug-likeness (QED) is 0.647. The van der Waals surface area contributed by atoms with Gasteiger partial charge in [-0.2, -0.15) is 0 Å². The Balaban J connectivity index is 2.40. The van der Waals surface area contributed by atoms with Crippen molar-refractivity contribution in [3.63, 3.8) is 0 Å². The van der Waals surface area contributed by atoms with E-state index in [0.717, 1.165) is 22.4 Å². The van der Waals surface area contributed by atoms with E-state index in [-0.39, 0.29) is 0 Å². The average molecular weight is 174 g/mol. The summed E-state index contributed by atoms with van der Waals surface area (Å²) >= 11 is 5.22. The number of rotatable bonds is 1. The van der Waals surface area contributed by atoms with Crippen LogP contribution in [-0.4, -0.2) is 9.85 Å². The molecule has 0 fully saturated rings. The van der Waals surface area contributed by atoms with Crippen LogP contribution in [0.4, 0.5) is 0 Å². The van der Waals surface area contributed by atoms with Crippen molar-refractivity contribution < 1.29 is 0 Å². The number of thiocarbonyl (C=S) groups is 1. The fraction of sp³-hybridized carbons (Fsp3) is 0.100. The first-order chi connectivity index (χ1) is 5.88. The number of nitrogens with one attached hydrogen (secondary N) is 1. The van der Waals surface area contributed by atoms with Gasteiger partial charge in [-0.15, -0.1) is 0 Å². The van der Waals surface area contributed by atoms with Gasteiger partial charge in [0, 0.05) is 23.0 Å². The number of aromatic nitrogens is 1. The summed E-state index contributed by atoms with van der Waals surface area (Å²) in [6, 6.07) is 1.98.